The summed E-state index contributed by atoms with van der Waals surface area (Å²) in [6, 6.07) is 13.7. The van der Waals surface area contributed by atoms with Crippen molar-refractivity contribution in [3.05, 3.63) is 53.6 Å². The van der Waals surface area contributed by atoms with Gasteiger partial charge in [-0.1, -0.05) is 44.2 Å². The van der Waals surface area contributed by atoms with Crippen LogP contribution in [-0.2, 0) is 11.3 Å². The van der Waals surface area contributed by atoms with Gasteiger partial charge in [0.15, 0.2) is 11.5 Å². The van der Waals surface area contributed by atoms with E-state index in [1.165, 1.54) is 0 Å². The molecule has 5 heteroatoms. The quantitative estimate of drug-likeness (QED) is 0.779. The lowest BCUT2D eigenvalue weighted by molar-refractivity contribution is -0.117. The van der Waals surface area contributed by atoms with Crippen LogP contribution in [0.5, 0.6) is 11.5 Å². The summed E-state index contributed by atoms with van der Waals surface area (Å²) in [6.45, 7) is 5.10. The minimum absolute atomic E-state index is 0.0394. The molecule has 2 aromatic carbocycles. The molecule has 0 fully saturated rings. The Balaban J connectivity index is 2.02. The number of methoxy groups -OCH3 is 2. The van der Waals surface area contributed by atoms with Crippen molar-refractivity contribution >= 4 is 11.6 Å². The Labute approximate surface area is 155 Å². The van der Waals surface area contributed by atoms with Crippen molar-refractivity contribution in [2.75, 3.05) is 33.1 Å². The molecule has 0 saturated carbocycles. The number of nitrogens with zero attached hydrogens (tertiary/aromatic N) is 1. The molecule has 0 unspecified atom stereocenters. The van der Waals surface area contributed by atoms with Crippen LogP contribution in [-0.4, -0.2) is 38.6 Å². The van der Waals surface area contributed by atoms with Crippen LogP contribution in [0.1, 0.15) is 30.9 Å². The molecule has 0 aromatic heterocycles. The number of amides is 1. The van der Waals surface area contributed by atoms with Crippen molar-refractivity contribution in [1.82, 2.24) is 4.90 Å². The number of para-hydroxylation sites is 2. The van der Waals surface area contributed by atoms with Crippen molar-refractivity contribution in [1.29, 1.82) is 0 Å². The highest BCUT2D eigenvalue weighted by molar-refractivity contribution is 5.93. The first-order valence-corrected chi connectivity index (χ1v) is 8.73. The van der Waals surface area contributed by atoms with Gasteiger partial charge in [0.1, 0.15) is 0 Å². The normalized spacial score (nSPS) is 10.9. The third-order valence-electron chi connectivity index (χ3n) is 4.20. The second-order valence-corrected chi connectivity index (χ2v) is 6.62. The van der Waals surface area contributed by atoms with Gasteiger partial charge in [-0.3, -0.25) is 9.69 Å². The van der Waals surface area contributed by atoms with Gasteiger partial charge in [-0.25, -0.2) is 0 Å². The lowest BCUT2D eigenvalue weighted by Crippen LogP contribution is -2.30. The number of anilines is 1. The van der Waals surface area contributed by atoms with Gasteiger partial charge in [-0.05, 0) is 30.7 Å². The molecular weight excluding hydrogens is 328 g/mol. The second-order valence-electron chi connectivity index (χ2n) is 6.62. The van der Waals surface area contributed by atoms with E-state index in [4.69, 9.17) is 9.47 Å². The van der Waals surface area contributed by atoms with Crippen molar-refractivity contribution in [3.8, 4) is 11.5 Å². The molecule has 0 atom stereocenters. The number of rotatable bonds is 8. The number of ether oxygens (including phenoxy) is 2. The SMILES string of the molecule is COc1cccc(CN(C)CC(=O)Nc2ccccc2C(C)C)c1OC. The molecule has 0 saturated heterocycles. The van der Waals surface area contributed by atoms with Gasteiger partial charge in [0.25, 0.3) is 0 Å². The van der Waals surface area contributed by atoms with E-state index >= 15 is 0 Å². The van der Waals surface area contributed by atoms with E-state index < -0.39 is 0 Å². The summed E-state index contributed by atoms with van der Waals surface area (Å²) in [7, 11) is 5.15. The number of carbonyl (C=O) groups is 1. The predicted molar refractivity (Wildman–Crippen MR) is 105 cm³/mol. The standard InChI is InChI=1S/C21H28N2O3/c1-15(2)17-10-6-7-11-18(17)22-20(24)14-23(3)13-16-9-8-12-19(25-4)21(16)26-5/h6-12,15H,13-14H2,1-5H3,(H,22,24). The van der Waals surface area contributed by atoms with Crippen LogP contribution in [0.15, 0.2) is 42.5 Å². The molecule has 0 bridgehead atoms. The number of hydrogen-bond donors (Lipinski definition) is 1. The Bertz CT molecular complexity index is 744. The fraction of sp³-hybridized carbons (Fsp3) is 0.381. The molecule has 0 aliphatic heterocycles. The van der Waals surface area contributed by atoms with Gasteiger partial charge in [-0.15, -0.1) is 0 Å². The number of benzene rings is 2. The first kappa shape index (κ1) is 19.8. The zero-order valence-electron chi connectivity index (χ0n) is 16.2. The maximum Gasteiger partial charge on any atom is 0.238 e. The molecule has 1 amide bonds. The summed E-state index contributed by atoms with van der Waals surface area (Å²) in [5.74, 6) is 1.70. The largest absolute Gasteiger partial charge is 0.493 e. The van der Waals surface area contributed by atoms with Crippen LogP contribution in [0.25, 0.3) is 0 Å². The van der Waals surface area contributed by atoms with Crippen LogP contribution in [0.2, 0.25) is 0 Å². The zero-order valence-corrected chi connectivity index (χ0v) is 16.2. The average molecular weight is 356 g/mol. The molecule has 2 aromatic rings. The van der Waals surface area contributed by atoms with Gasteiger partial charge in [-0.2, -0.15) is 0 Å². The third kappa shape index (κ3) is 4.99. The summed E-state index contributed by atoms with van der Waals surface area (Å²) < 4.78 is 10.8. The molecule has 1 N–H and O–H groups in total. The maximum atomic E-state index is 12.5. The summed E-state index contributed by atoms with van der Waals surface area (Å²) >= 11 is 0. The fourth-order valence-corrected chi connectivity index (χ4v) is 2.97. The van der Waals surface area contributed by atoms with E-state index in [0.29, 0.717) is 24.0 Å². The minimum atomic E-state index is -0.0394. The number of likely N-dealkylation sites (N-methyl/N-ethyl adjacent to an activating group) is 1. The Kier molecular flexibility index (Phi) is 7.04. The van der Waals surface area contributed by atoms with Crippen LogP contribution in [0, 0.1) is 0 Å². The second kappa shape index (κ2) is 9.25. The zero-order chi connectivity index (χ0) is 19.1. The van der Waals surface area contributed by atoms with Gasteiger partial charge in [0, 0.05) is 17.8 Å². The maximum absolute atomic E-state index is 12.5. The van der Waals surface area contributed by atoms with Crippen LogP contribution in [0.3, 0.4) is 0 Å². The monoisotopic (exact) mass is 356 g/mol. The number of hydrogen-bond acceptors (Lipinski definition) is 4. The molecule has 0 aliphatic rings. The molecule has 0 spiro atoms. The summed E-state index contributed by atoms with van der Waals surface area (Å²) in [5, 5.41) is 3.02. The third-order valence-corrected chi connectivity index (χ3v) is 4.20. The van der Waals surface area contributed by atoms with Crippen LogP contribution < -0.4 is 14.8 Å². The molecule has 0 heterocycles. The highest BCUT2D eigenvalue weighted by Gasteiger charge is 2.14. The summed E-state index contributed by atoms with van der Waals surface area (Å²) in [5.41, 5.74) is 2.99. The first-order valence-electron chi connectivity index (χ1n) is 8.73. The van der Waals surface area contributed by atoms with E-state index in [1.54, 1.807) is 14.2 Å². The summed E-state index contributed by atoms with van der Waals surface area (Å²) in [6.07, 6.45) is 0. The van der Waals surface area contributed by atoms with Crippen molar-refractivity contribution in [2.24, 2.45) is 0 Å². The molecule has 26 heavy (non-hydrogen) atoms. The molecule has 0 radical (unpaired) electrons. The average Bonchev–Trinajstić information content (AvgIpc) is 2.61. The number of carbonyl (C=O) groups excluding carboxylic acids is 1. The van der Waals surface area contributed by atoms with E-state index in [9.17, 15) is 4.79 Å². The fourth-order valence-electron chi connectivity index (χ4n) is 2.97. The Morgan fingerprint density at radius 3 is 2.46 bits per heavy atom. The van der Waals surface area contributed by atoms with Gasteiger partial charge in [0.2, 0.25) is 5.91 Å². The predicted octanol–water partition coefficient (Wildman–Crippen LogP) is 3.90. The van der Waals surface area contributed by atoms with Crippen LogP contribution in [0.4, 0.5) is 5.69 Å². The van der Waals surface area contributed by atoms with Crippen LogP contribution >= 0.6 is 0 Å². The van der Waals surface area contributed by atoms with E-state index in [0.717, 1.165) is 16.8 Å². The Morgan fingerprint density at radius 2 is 1.81 bits per heavy atom. The van der Waals surface area contributed by atoms with Gasteiger partial charge in [0.05, 0.1) is 20.8 Å². The molecule has 5 nitrogen and oxygen atoms in total. The van der Waals surface area contributed by atoms with E-state index in [1.807, 2.05) is 54.4 Å². The molecular formula is C21H28N2O3. The lowest BCUT2D eigenvalue weighted by atomic mass is 10.0. The Morgan fingerprint density at radius 1 is 1.08 bits per heavy atom. The molecule has 2 rings (SSSR count). The van der Waals surface area contributed by atoms with Crippen molar-refractivity contribution in [3.63, 3.8) is 0 Å². The number of nitrogens with one attached hydrogen (secondary N) is 1. The smallest absolute Gasteiger partial charge is 0.238 e. The lowest BCUT2D eigenvalue weighted by Gasteiger charge is -2.20. The highest BCUT2D eigenvalue weighted by Crippen LogP contribution is 2.31. The molecule has 140 valence electrons. The first-order chi connectivity index (χ1) is 12.5. The van der Waals surface area contributed by atoms with E-state index in [2.05, 4.69) is 19.2 Å². The molecule has 0 aliphatic carbocycles. The summed E-state index contributed by atoms with van der Waals surface area (Å²) in [4.78, 5) is 14.4. The van der Waals surface area contributed by atoms with Crippen molar-refractivity contribution in [2.45, 2.75) is 26.3 Å². The van der Waals surface area contributed by atoms with E-state index in [-0.39, 0.29) is 12.5 Å². The topological polar surface area (TPSA) is 50.8 Å². The van der Waals surface area contributed by atoms with Gasteiger partial charge < -0.3 is 14.8 Å². The van der Waals surface area contributed by atoms with Gasteiger partial charge >= 0.3 is 0 Å². The Hall–Kier alpha value is -2.53. The van der Waals surface area contributed by atoms with Crippen molar-refractivity contribution < 1.29 is 14.3 Å². The minimum Gasteiger partial charge on any atom is -0.493 e. The highest BCUT2D eigenvalue weighted by atomic mass is 16.5.